The minimum absolute atomic E-state index is 0.0715. The van der Waals surface area contributed by atoms with Gasteiger partial charge >= 0.3 is 0 Å². The Hall–Kier alpha value is -2.45. The lowest BCUT2D eigenvalue weighted by Gasteiger charge is -2.35. The topological polar surface area (TPSA) is 108 Å². The molecule has 3 N–H and O–H groups in total. The zero-order chi connectivity index (χ0) is 24.6. The average Bonchev–Trinajstić information content (AvgIpc) is 3.43. The Morgan fingerprint density at radius 2 is 1.86 bits per heavy atom. The Balaban J connectivity index is 1.41. The van der Waals surface area contributed by atoms with Gasteiger partial charge in [-0.25, -0.2) is 0 Å². The largest absolute Gasteiger partial charge is 0.396 e. The molecule has 1 aromatic rings. The molecule has 0 aromatic heterocycles. The van der Waals surface area contributed by atoms with Crippen molar-refractivity contribution in [1.82, 2.24) is 15.5 Å². The number of fused-ring (bicyclic) bond motifs is 1. The van der Waals surface area contributed by atoms with Crippen LogP contribution in [-0.2, 0) is 25.7 Å². The van der Waals surface area contributed by atoms with Gasteiger partial charge < -0.3 is 25.4 Å². The summed E-state index contributed by atoms with van der Waals surface area (Å²) in [4.78, 5) is 42.6. The van der Waals surface area contributed by atoms with Crippen LogP contribution >= 0.6 is 0 Å². The smallest absolute Gasteiger partial charge is 0.246 e. The number of carbonyl (C=O) groups excluding carboxylic acids is 3. The monoisotopic (exact) mass is 483 g/mol. The first kappa shape index (κ1) is 24.3. The number of rotatable bonds is 8. The predicted molar refractivity (Wildman–Crippen MR) is 129 cm³/mol. The van der Waals surface area contributed by atoms with Gasteiger partial charge in [0.05, 0.1) is 17.4 Å². The van der Waals surface area contributed by atoms with Gasteiger partial charge in [0.2, 0.25) is 17.7 Å². The summed E-state index contributed by atoms with van der Waals surface area (Å²) in [5, 5.41) is 15.7. The molecule has 1 aliphatic carbocycles. The number of likely N-dealkylation sites (tertiary alicyclic amines) is 1. The van der Waals surface area contributed by atoms with Crippen LogP contribution in [0.15, 0.2) is 30.3 Å². The molecule has 3 heterocycles. The van der Waals surface area contributed by atoms with Crippen LogP contribution in [0, 0.1) is 11.8 Å². The van der Waals surface area contributed by atoms with Crippen LogP contribution in [-0.4, -0.2) is 64.2 Å². The summed E-state index contributed by atoms with van der Waals surface area (Å²) in [5.41, 5.74) is -0.806. The van der Waals surface area contributed by atoms with Crippen molar-refractivity contribution < 1.29 is 24.2 Å². The molecule has 2 unspecified atom stereocenters. The maximum Gasteiger partial charge on any atom is 0.246 e. The zero-order valence-electron chi connectivity index (χ0n) is 20.5. The molecule has 3 saturated heterocycles. The molecule has 5 atom stereocenters. The molecule has 3 aliphatic heterocycles. The molecule has 5 rings (SSSR count). The summed E-state index contributed by atoms with van der Waals surface area (Å²) in [6.07, 6.45) is 6.84. The van der Waals surface area contributed by atoms with Crippen LogP contribution in [0.2, 0.25) is 0 Å². The van der Waals surface area contributed by atoms with E-state index in [0.717, 1.165) is 31.2 Å². The zero-order valence-corrected chi connectivity index (χ0v) is 20.5. The van der Waals surface area contributed by atoms with E-state index in [9.17, 15) is 19.5 Å². The highest BCUT2D eigenvalue weighted by atomic mass is 16.5. The highest BCUT2D eigenvalue weighted by Gasteiger charge is 2.77. The quantitative estimate of drug-likeness (QED) is 0.524. The van der Waals surface area contributed by atoms with Crippen LogP contribution < -0.4 is 10.6 Å². The molecule has 8 heteroatoms. The molecule has 8 nitrogen and oxygen atoms in total. The Labute approximate surface area is 206 Å². The number of hydrogen-bond acceptors (Lipinski definition) is 5. The molecule has 190 valence electrons. The maximum atomic E-state index is 13.8. The van der Waals surface area contributed by atoms with Crippen molar-refractivity contribution in [2.24, 2.45) is 11.8 Å². The SMILES string of the molecule is C[C@@]12CCC3(O1)C(C(=O)NC1CCCCC1)N(CCCO)C(=O)[C@@H]3[C@@H]2C(=O)NCc1ccccc1. The minimum atomic E-state index is -1.01. The van der Waals surface area contributed by atoms with E-state index in [0.29, 0.717) is 25.8 Å². The molecule has 35 heavy (non-hydrogen) atoms. The number of aliphatic hydroxyl groups excluding tert-OH is 1. The van der Waals surface area contributed by atoms with Crippen molar-refractivity contribution in [2.75, 3.05) is 13.2 Å². The van der Waals surface area contributed by atoms with Gasteiger partial charge in [-0.1, -0.05) is 49.6 Å². The molecule has 1 saturated carbocycles. The second-order valence-corrected chi connectivity index (χ2v) is 10.9. The third-order valence-electron chi connectivity index (χ3n) is 8.63. The third-order valence-corrected chi connectivity index (χ3v) is 8.63. The lowest BCUT2D eigenvalue weighted by atomic mass is 9.66. The van der Waals surface area contributed by atoms with Gasteiger partial charge in [-0.15, -0.1) is 0 Å². The number of nitrogens with one attached hydrogen (secondary N) is 2. The van der Waals surface area contributed by atoms with Crippen molar-refractivity contribution >= 4 is 17.7 Å². The van der Waals surface area contributed by atoms with E-state index in [-0.39, 0.29) is 36.9 Å². The van der Waals surface area contributed by atoms with Gasteiger partial charge in [0.25, 0.3) is 0 Å². The lowest BCUT2D eigenvalue weighted by Crippen LogP contribution is -2.57. The minimum Gasteiger partial charge on any atom is -0.396 e. The number of amides is 3. The average molecular weight is 484 g/mol. The summed E-state index contributed by atoms with van der Waals surface area (Å²) in [7, 11) is 0. The third kappa shape index (κ3) is 4.14. The molecule has 2 bridgehead atoms. The summed E-state index contributed by atoms with van der Waals surface area (Å²) >= 11 is 0. The van der Waals surface area contributed by atoms with E-state index < -0.39 is 29.1 Å². The first-order chi connectivity index (χ1) is 16.9. The Morgan fingerprint density at radius 3 is 2.57 bits per heavy atom. The predicted octanol–water partition coefficient (Wildman–Crippen LogP) is 1.90. The van der Waals surface area contributed by atoms with E-state index >= 15 is 0 Å². The van der Waals surface area contributed by atoms with E-state index in [1.54, 1.807) is 4.90 Å². The number of ether oxygens (including phenoxy) is 1. The Kier molecular flexibility index (Phi) is 6.61. The standard InChI is InChI=1S/C27H37N3O5/c1-26-13-14-27(35-26)21(20(26)23(32)28-17-18-9-4-2-5-10-18)25(34)30(15-8-16-31)22(27)24(33)29-19-11-6-3-7-12-19/h2,4-5,9-10,19-22,31H,3,6-8,11-17H2,1H3,(H,28,32)(H,29,33)/t20-,21+,22?,26+,27?/m1/s1. The first-order valence-corrected chi connectivity index (χ1v) is 13.1. The number of benzene rings is 1. The lowest BCUT2D eigenvalue weighted by molar-refractivity contribution is -0.146. The summed E-state index contributed by atoms with van der Waals surface area (Å²) < 4.78 is 6.61. The van der Waals surface area contributed by atoms with Crippen LogP contribution in [0.4, 0.5) is 0 Å². The van der Waals surface area contributed by atoms with Gasteiger partial charge in [0.15, 0.2) is 0 Å². The van der Waals surface area contributed by atoms with Crippen molar-refractivity contribution in [3.63, 3.8) is 0 Å². The fourth-order valence-electron chi connectivity index (χ4n) is 7.03. The maximum absolute atomic E-state index is 13.8. The summed E-state index contributed by atoms with van der Waals surface area (Å²) in [5.74, 6) is -1.94. The highest BCUT2D eigenvalue weighted by Crippen LogP contribution is 2.63. The van der Waals surface area contributed by atoms with E-state index in [1.165, 1.54) is 6.42 Å². The van der Waals surface area contributed by atoms with Gasteiger partial charge in [0.1, 0.15) is 11.6 Å². The van der Waals surface area contributed by atoms with Crippen molar-refractivity contribution in [3.8, 4) is 0 Å². The van der Waals surface area contributed by atoms with Crippen LogP contribution in [0.3, 0.4) is 0 Å². The van der Waals surface area contributed by atoms with Crippen LogP contribution in [0.25, 0.3) is 0 Å². The molecular formula is C27H37N3O5. The van der Waals surface area contributed by atoms with Crippen LogP contribution in [0.1, 0.15) is 63.9 Å². The molecule has 4 fully saturated rings. The molecule has 3 amide bonds. The van der Waals surface area contributed by atoms with Crippen molar-refractivity contribution in [1.29, 1.82) is 0 Å². The first-order valence-electron chi connectivity index (χ1n) is 13.1. The summed E-state index contributed by atoms with van der Waals surface area (Å²) in [6, 6.07) is 9.01. The van der Waals surface area contributed by atoms with Crippen molar-refractivity contribution in [3.05, 3.63) is 35.9 Å². The van der Waals surface area contributed by atoms with E-state index in [4.69, 9.17) is 4.74 Å². The Morgan fingerprint density at radius 1 is 1.11 bits per heavy atom. The van der Waals surface area contributed by atoms with Gasteiger partial charge in [-0.3, -0.25) is 14.4 Å². The number of aliphatic hydroxyl groups is 1. The Bertz CT molecular complexity index is 965. The molecule has 1 aromatic carbocycles. The second kappa shape index (κ2) is 9.54. The van der Waals surface area contributed by atoms with Gasteiger partial charge in [-0.2, -0.15) is 0 Å². The van der Waals surface area contributed by atoms with Crippen LogP contribution in [0.5, 0.6) is 0 Å². The van der Waals surface area contributed by atoms with E-state index in [1.807, 2.05) is 37.3 Å². The molecule has 1 spiro atoms. The van der Waals surface area contributed by atoms with Gasteiger partial charge in [0, 0.05) is 25.7 Å². The number of nitrogens with zero attached hydrogens (tertiary/aromatic N) is 1. The molecule has 4 aliphatic rings. The number of carbonyl (C=O) groups is 3. The summed E-state index contributed by atoms with van der Waals surface area (Å²) in [6.45, 7) is 2.49. The van der Waals surface area contributed by atoms with Gasteiger partial charge in [-0.05, 0) is 44.6 Å². The fraction of sp³-hybridized carbons (Fsp3) is 0.667. The second-order valence-electron chi connectivity index (χ2n) is 10.9. The number of hydrogen-bond donors (Lipinski definition) is 3. The molecular weight excluding hydrogens is 446 g/mol. The fourth-order valence-corrected chi connectivity index (χ4v) is 7.03. The van der Waals surface area contributed by atoms with Crippen molar-refractivity contribution in [2.45, 2.75) is 88.1 Å². The highest BCUT2D eigenvalue weighted by molar-refractivity contribution is 5.99. The molecule has 0 radical (unpaired) electrons. The van der Waals surface area contributed by atoms with E-state index in [2.05, 4.69) is 10.6 Å². The normalized spacial score (nSPS) is 34.2.